The lowest BCUT2D eigenvalue weighted by Gasteiger charge is -2.32. The lowest BCUT2D eigenvalue weighted by atomic mass is 9.77. The van der Waals surface area contributed by atoms with E-state index in [0.29, 0.717) is 17.4 Å². The Kier molecular flexibility index (Phi) is 3.81. The Labute approximate surface area is 70.9 Å². The van der Waals surface area contributed by atoms with Crippen LogP contribution in [0.25, 0.3) is 0 Å². The highest BCUT2D eigenvalue weighted by atomic mass is 14.9. The molecule has 0 rings (SSSR count). The Bertz CT molecular complexity index is 121. The summed E-state index contributed by atoms with van der Waals surface area (Å²) >= 11 is 0. The van der Waals surface area contributed by atoms with Crippen molar-refractivity contribution >= 4 is 0 Å². The second-order valence-electron chi connectivity index (χ2n) is 4.20. The Balaban J connectivity index is 4.20. The molecule has 0 fully saturated rings. The van der Waals surface area contributed by atoms with E-state index in [-0.39, 0.29) is 0 Å². The van der Waals surface area contributed by atoms with E-state index in [4.69, 9.17) is 0 Å². The molecule has 11 heavy (non-hydrogen) atoms. The maximum atomic E-state index is 3.80. The Morgan fingerprint density at radius 2 is 1.82 bits per heavy atom. The molecule has 0 aromatic heterocycles. The predicted octanol–water partition coefficient (Wildman–Crippen LogP) is 2.44. The largest absolute Gasteiger partial charge is 0.313 e. The lowest BCUT2D eigenvalue weighted by Crippen LogP contribution is -2.37. The van der Waals surface area contributed by atoms with Gasteiger partial charge >= 0.3 is 0 Å². The summed E-state index contributed by atoms with van der Waals surface area (Å²) in [4.78, 5) is 0. The summed E-state index contributed by atoms with van der Waals surface area (Å²) < 4.78 is 0. The number of hydrogen-bond donors (Lipinski definition) is 1. The lowest BCUT2D eigenvalue weighted by molar-refractivity contribution is 0.226. The first-order valence-electron chi connectivity index (χ1n) is 4.23. The van der Waals surface area contributed by atoms with Gasteiger partial charge in [0.2, 0.25) is 0 Å². The van der Waals surface area contributed by atoms with Gasteiger partial charge in [-0.3, -0.25) is 0 Å². The van der Waals surface area contributed by atoms with E-state index in [1.165, 1.54) is 0 Å². The van der Waals surface area contributed by atoms with Crippen LogP contribution in [0.15, 0.2) is 12.7 Å². The predicted molar refractivity (Wildman–Crippen MR) is 51.7 cm³/mol. The molecule has 0 aliphatic heterocycles. The van der Waals surface area contributed by atoms with Gasteiger partial charge in [0.25, 0.3) is 0 Å². The van der Waals surface area contributed by atoms with Crippen molar-refractivity contribution in [3.05, 3.63) is 12.7 Å². The van der Waals surface area contributed by atoms with Crippen LogP contribution in [0.1, 0.15) is 27.7 Å². The summed E-state index contributed by atoms with van der Waals surface area (Å²) in [6.07, 6.45) is 1.98. The molecule has 1 heteroatoms. The van der Waals surface area contributed by atoms with Crippen LogP contribution < -0.4 is 5.32 Å². The highest BCUT2D eigenvalue weighted by Crippen LogP contribution is 2.28. The van der Waals surface area contributed by atoms with Gasteiger partial charge in [-0.25, -0.2) is 0 Å². The Morgan fingerprint density at radius 1 is 1.36 bits per heavy atom. The molecule has 0 aromatic rings. The molecule has 2 unspecified atom stereocenters. The fourth-order valence-electron chi connectivity index (χ4n) is 1.11. The standard InChI is InChI=1S/C10H21N/c1-7-9(11-6)8(2)10(3,4)5/h7-9,11H,1H2,2-6H3. The molecule has 0 aliphatic carbocycles. The molecule has 2 atom stereocenters. The molecular formula is C10H21N. The highest BCUT2D eigenvalue weighted by Gasteiger charge is 2.24. The van der Waals surface area contributed by atoms with E-state index in [2.05, 4.69) is 39.6 Å². The maximum absolute atomic E-state index is 3.80. The van der Waals surface area contributed by atoms with Crippen LogP contribution in [0, 0.1) is 11.3 Å². The van der Waals surface area contributed by atoms with Gasteiger partial charge < -0.3 is 5.32 Å². The topological polar surface area (TPSA) is 12.0 Å². The average Bonchev–Trinajstić information content (AvgIpc) is 1.88. The molecule has 0 aromatic carbocycles. The zero-order chi connectivity index (χ0) is 9.07. The fraction of sp³-hybridized carbons (Fsp3) is 0.800. The molecule has 0 spiro atoms. The number of nitrogens with one attached hydrogen (secondary N) is 1. The molecule has 1 N–H and O–H groups in total. The van der Waals surface area contributed by atoms with Gasteiger partial charge in [0.1, 0.15) is 0 Å². The van der Waals surface area contributed by atoms with Gasteiger partial charge in [-0.2, -0.15) is 0 Å². The second-order valence-corrected chi connectivity index (χ2v) is 4.20. The molecule has 0 amide bonds. The summed E-state index contributed by atoms with van der Waals surface area (Å²) in [5, 5.41) is 3.24. The fourth-order valence-corrected chi connectivity index (χ4v) is 1.11. The van der Waals surface area contributed by atoms with Crippen molar-refractivity contribution in [2.24, 2.45) is 11.3 Å². The number of likely N-dealkylation sites (N-methyl/N-ethyl adjacent to an activating group) is 1. The van der Waals surface area contributed by atoms with E-state index in [0.717, 1.165) is 0 Å². The van der Waals surface area contributed by atoms with E-state index in [1.54, 1.807) is 0 Å². The van der Waals surface area contributed by atoms with E-state index >= 15 is 0 Å². The zero-order valence-corrected chi connectivity index (χ0v) is 8.44. The normalized spacial score (nSPS) is 17.5. The summed E-state index contributed by atoms with van der Waals surface area (Å²) in [6, 6.07) is 0.426. The summed E-state index contributed by atoms with van der Waals surface area (Å²) in [5.41, 5.74) is 0.349. The van der Waals surface area contributed by atoms with Gasteiger partial charge in [-0.05, 0) is 18.4 Å². The van der Waals surface area contributed by atoms with E-state index < -0.39 is 0 Å². The minimum Gasteiger partial charge on any atom is -0.313 e. The van der Waals surface area contributed by atoms with Crippen molar-refractivity contribution in [1.29, 1.82) is 0 Å². The van der Waals surface area contributed by atoms with E-state index in [1.807, 2.05) is 13.1 Å². The van der Waals surface area contributed by atoms with Crippen LogP contribution in [0.5, 0.6) is 0 Å². The molecule has 0 aliphatic rings. The van der Waals surface area contributed by atoms with Gasteiger partial charge in [0.15, 0.2) is 0 Å². The van der Waals surface area contributed by atoms with Crippen LogP contribution >= 0.6 is 0 Å². The van der Waals surface area contributed by atoms with Gasteiger partial charge in [0.05, 0.1) is 0 Å². The zero-order valence-electron chi connectivity index (χ0n) is 8.44. The van der Waals surface area contributed by atoms with Crippen molar-refractivity contribution in [3.8, 4) is 0 Å². The van der Waals surface area contributed by atoms with E-state index in [9.17, 15) is 0 Å². The molecule has 66 valence electrons. The van der Waals surface area contributed by atoms with Crippen molar-refractivity contribution < 1.29 is 0 Å². The smallest absolute Gasteiger partial charge is 0.0275 e. The SMILES string of the molecule is C=CC(NC)C(C)C(C)(C)C. The molecule has 0 heterocycles. The van der Waals surface area contributed by atoms with Crippen LogP contribution in [0.2, 0.25) is 0 Å². The molecule has 0 saturated heterocycles. The first-order valence-corrected chi connectivity index (χ1v) is 4.23. The third-order valence-corrected chi connectivity index (χ3v) is 2.49. The van der Waals surface area contributed by atoms with Crippen LogP contribution in [-0.4, -0.2) is 13.1 Å². The number of hydrogen-bond acceptors (Lipinski definition) is 1. The van der Waals surface area contributed by atoms with Gasteiger partial charge in [0, 0.05) is 6.04 Å². The van der Waals surface area contributed by atoms with Gasteiger partial charge in [-0.15, -0.1) is 6.58 Å². The minimum absolute atomic E-state index is 0.349. The first-order chi connectivity index (χ1) is 4.93. The van der Waals surface area contributed by atoms with Crippen LogP contribution in [-0.2, 0) is 0 Å². The Morgan fingerprint density at radius 3 is 1.91 bits per heavy atom. The summed E-state index contributed by atoms with van der Waals surface area (Å²) in [6.45, 7) is 12.8. The van der Waals surface area contributed by atoms with Crippen molar-refractivity contribution in [2.75, 3.05) is 7.05 Å². The quantitative estimate of drug-likeness (QED) is 0.617. The Hall–Kier alpha value is -0.300. The maximum Gasteiger partial charge on any atom is 0.0275 e. The van der Waals surface area contributed by atoms with Crippen LogP contribution in [0.3, 0.4) is 0 Å². The average molecular weight is 155 g/mol. The van der Waals surface area contributed by atoms with Crippen molar-refractivity contribution in [2.45, 2.75) is 33.7 Å². The molecule has 0 radical (unpaired) electrons. The van der Waals surface area contributed by atoms with Gasteiger partial charge in [-0.1, -0.05) is 33.8 Å². The summed E-state index contributed by atoms with van der Waals surface area (Å²) in [7, 11) is 1.98. The highest BCUT2D eigenvalue weighted by molar-refractivity contribution is 4.92. The summed E-state index contributed by atoms with van der Waals surface area (Å²) in [5.74, 6) is 0.616. The van der Waals surface area contributed by atoms with Crippen molar-refractivity contribution in [3.63, 3.8) is 0 Å². The van der Waals surface area contributed by atoms with Crippen molar-refractivity contribution in [1.82, 2.24) is 5.32 Å². The second kappa shape index (κ2) is 3.91. The monoisotopic (exact) mass is 155 g/mol. The molecule has 0 saturated carbocycles. The third-order valence-electron chi connectivity index (χ3n) is 2.49. The molecular weight excluding hydrogens is 134 g/mol. The minimum atomic E-state index is 0.349. The molecule has 0 bridgehead atoms. The van der Waals surface area contributed by atoms with Crippen LogP contribution in [0.4, 0.5) is 0 Å². The molecule has 1 nitrogen and oxygen atoms in total. The first kappa shape index (κ1) is 10.7. The number of rotatable bonds is 3. The third kappa shape index (κ3) is 3.06.